The number of hydrogen-bond acceptors (Lipinski definition) is 5. The Morgan fingerprint density at radius 1 is 1.33 bits per heavy atom. The van der Waals surface area contributed by atoms with E-state index >= 15 is 0 Å². The van der Waals surface area contributed by atoms with Crippen LogP contribution in [0.25, 0.3) is 0 Å². The first-order valence-electron chi connectivity index (χ1n) is 7.84. The first-order chi connectivity index (χ1) is 11.0. The van der Waals surface area contributed by atoms with Gasteiger partial charge in [-0.05, 0) is 39.5 Å². The average Bonchev–Trinajstić information content (AvgIpc) is 2.75. The lowest BCUT2D eigenvalue weighted by atomic mass is 9.57. The highest BCUT2D eigenvalue weighted by Gasteiger charge is 2.54. The van der Waals surface area contributed by atoms with Crippen LogP contribution in [0.1, 0.15) is 45.3 Å². The third-order valence-electron chi connectivity index (χ3n) is 4.33. The number of aromatic nitrogens is 2. The Balaban J connectivity index is 1.44. The maximum absolute atomic E-state index is 12.4. The van der Waals surface area contributed by atoms with Crippen molar-refractivity contribution in [2.75, 3.05) is 13.1 Å². The van der Waals surface area contributed by atoms with Gasteiger partial charge < -0.3 is 14.2 Å². The Morgan fingerprint density at radius 2 is 1.96 bits per heavy atom. The smallest absolute Gasteiger partial charge is 0.444 e. The number of rotatable bonds is 2. The average molecular weight is 347 g/mol. The highest BCUT2D eigenvalue weighted by Crippen LogP contribution is 2.53. The highest BCUT2D eigenvalue weighted by molar-refractivity contribution is 5.69. The van der Waals surface area contributed by atoms with E-state index in [1.165, 1.54) is 0 Å². The van der Waals surface area contributed by atoms with Crippen molar-refractivity contribution in [3.63, 3.8) is 0 Å². The number of alkyl halides is 3. The van der Waals surface area contributed by atoms with Gasteiger partial charge in [-0.2, -0.15) is 18.2 Å². The first-order valence-corrected chi connectivity index (χ1v) is 7.84. The number of halogens is 3. The molecule has 2 heterocycles. The maximum atomic E-state index is 12.4. The lowest BCUT2D eigenvalue weighted by Gasteiger charge is -2.58. The van der Waals surface area contributed by atoms with E-state index in [9.17, 15) is 18.0 Å². The predicted octanol–water partition coefficient (Wildman–Crippen LogP) is 3.28. The van der Waals surface area contributed by atoms with Crippen molar-refractivity contribution >= 4 is 6.09 Å². The minimum Gasteiger partial charge on any atom is -0.444 e. The molecule has 2 fully saturated rings. The Kier molecular flexibility index (Phi) is 3.80. The van der Waals surface area contributed by atoms with Gasteiger partial charge in [-0.15, -0.1) is 0 Å². The number of carbonyl (C=O) groups excluding carboxylic acids is 1. The molecule has 1 aromatic heterocycles. The molecule has 9 heteroatoms. The highest BCUT2D eigenvalue weighted by atomic mass is 19.4. The van der Waals surface area contributed by atoms with Crippen molar-refractivity contribution in [2.45, 2.75) is 51.8 Å². The molecular formula is C15H20F3N3O3. The lowest BCUT2D eigenvalue weighted by molar-refractivity contribution is -0.159. The van der Waals surface area contributed by atoms with Gasteiger partial charge in [-0.25, -0.2) is 4.79 Å². The van der Waals surface area contributed by atoms with Crippen molar-refractivity contribution in [1.82, 2.24) is 15.0 Å². The van der Waals surface area contributed by atoms with E-state index < -0.39 is 17.7 Å². The Labute approximate surface area is 137 Å². The number of amides is 1. The summed E-state index contributed by atoms with van der Waals surface area (Å²) in [5.41, 5.74) is -0.436. The van der Waals surface area contributed by atoms with Crippen molar-refractivity contribution in [1.29, 1.82) is 0 Å². The molecule has 1 spiro atoms. The second-order valence-electron chi connectivity index (χ2n) is 7.83. The number of ether oxygens (including phenoxy) is 1. The molecule has 3 rings (SSSR count). The molecule has 1 aliphatic heterocycles. The molecule has 24 heavy (non-hydrogen) atoms. The fraction of sp³-hybridized carbons (Fsp3) is 0.800. The molecule has 0 bridgehead atoms. The van der Waals surface area contributed by atoms with E-state index in [2.05, 4.69) is 14.7 Å². The summed E-state index contributed by atoms with van der Waals surface area (Å²) < 4.78 is 46.8. The Morgan fingerprint density at radius 3 is 2.46 bits per heavy atom. The monoisotopic (exact) mass is 347 g/mol. The molecular weight excluding hydrogens is 327 g/mol. The van der Waals surface area contributed by atoms with Gasteiger partial charge >= 0.3 is 18.2 Å². The summed E-state index contributed by atoms with van der Waals surface area (Å²) in [5.74, 6) is -0.985. The van der Waals surface area contributed by atoms with Crippen LogP contribution in [0.5, 0.6) is 0 Å². The van der Waals surface area contributed by atoms with Gasteiger partial charge in [-0.3, -0.25) is 0 Å². The van der Waals surface area contributed by atoms with Crippen molar-refractivity contribution in [3.05, 3.63) is 11.7 Å². The number of carbonyl (C=O) groups is 1. The van der Waals surface area contributed by atoms with Crippen molar-refractivity contribution < 1.29 is 27.2 Å². The van der Waals surface area contributed by atoms with Gasteiger partial charge in [0.25, 0.3) is 0 Å². The SMILES string of the molecule is CC(C)(C)OC(=O)N1CC2(CC(Cc3noc(C(F)(F)F)n3)C2)C1. The molecule has 134 valence electrons. The van der Waals surface area contributed by atoms with Gasteiger partial charge in [-0.1, -0.05) is 5.16 Å². The topological polar surface area (TPSA) is 68.5 Å². The van der Waals surface area contributed by atoms with Crippen LogP contribution in [-0.2, 0) is 17.3 Å². The normalized spacial score (nSPS) is 20.7. The minimum atomic E-state index is -4.60. The fourth-order valence-corrected chi connectivity index (χ4v) is 3.50. The van der Waals surface area contributed by atoms with E-state index in [1.807, 2.05) is 20.8 Å². The molecule has 1 aromatic rings. The molecule has 0 unspecified atom stereocenters. The number of nitrogens with zero attached hydrogens (tertiary/aromatic N) is 3. The van der Waals surface area contributed by atoms with Crippen LogP contribution >= 0.6 is 0 Å². The largest absolute Gasteiger partial charge is 0.471 e. The van der Waals surface area contributed by atoms with E-state index in [1.54, 1.807) is 4.90 Å². The zero-order valence-electron chi connectivity index (χ0n) is 13.8. The van der Waals surface area contributed by atoms with E-state index in [-0.39, 0.29) is 23.3 Å². The Bertz CT molecular complexity index is 622. The minimum absolute atomic E-state index is 0.0815. The van der Waals surface area contributed by atoms with Crippen LogP contribution < -0.4 is 0 Å². The molecule has 0 N–H and O–H groups in total. The standard InChI is InChI=1S/C15H20F3N3O3/c1-13(2,3)23-12(22)21-7-14(8-21)5-9(6-14)4-10-19-11(24-20-10)15(16,17)18/h9H,4-8H2,1-3H3. The van der Waals surface area contributed by atoms with Crippen molar-refractivity contribution in [3.8, 4) is 0 Å². The van der Waals surface area contributed by atoms with Gasteiger partial charge in [0, 0.05) is 24.9 Å². The third kappa shape index (κ3) is 3.49. The molecule has 1 aliphatic carbocycles. The molecule has 0 atom stereocenters. The van der Waals surface area contributed by atoms with Gasteiger partial charge in [0.2, 0.25) is 0 Å². The van der Waals surface area contributed by atoms with Crippen LogP contribution in [-0.4, -0.2) is 39.8 Å². The molecule has 6 nitrogen and oxygen atoms in total. The first kappa shape index (κ1) is 17.0. The Hall–Kier alpha value is -1.80. The van der Waals surface area contributed by atoms with Crippen molar-refractivity contribution in [2.24, 2.45) is 11.3 Å². The zero-order chi connectivity index (χ0) is 17.8. The van der Waals surface area contributed by atoms with Gasteiger partial charge in [0.1, 0.15) is 5.60 Å². The summed E-state index contributed by atoms with van der Waals surface area (Å²) in [6.07, 6.45) is -2.85. The van der Waals surface area contributed by atoms with Gasteiger partial charge in [0.05, 0.1) is 0 Å². The molecule has 1 saturated heterocycles. The lowest BCUT2D eigenvalue weighted by Crippen LogP contribution is -2.64. The van der Waals surface area contributed by atoms with E-state index in [0.29, 0.717) is 19.5 Å². The molecule has 2 aliphatic rings. The van der Waals surface area contributed by atoms with E-state index in [4.69, 9.17) is 4.74 Å². The van der Waals surface area contributed by atoms with Crippen LogP contribution in [0.4, 0.5) is 18.0 Å². The van der Waals surface area contributed by atoms with E-state index in [0.717, 1.165) is 12.8 Å². The summed E-state index contributed by atoms with van der Waals surface area (Å²) >= 11 is 0. The molecule has 0 radical (unpaired) electrons. The third-order valence-corrected chi connectivity index (χ3v) is 4.33. The molecule has 1 saturated carbocycles. The van der Waals surface area contributed by atoms with Gasteiger partial charge in [0.15, 0.2) is 5.82 Å². The molecule has 0 aromatic carbocycles. The summed E-state index contributed by atoms with van der Waals surface area (Å²) in [4.78, 5) is 17.0. The van der Waals surface area contributed by atoms with Crippen LogP contribution in [0.15, 0.2) is 4.52 Å². The molecule has 1 amide bonds. The summed E-state index contributed by atoms with van der Waals surface area (Å²) in [6, 6.07) is 0. The zero-order valence-corrected chi connectivity index (χ0v) is 13.8. The number of hydrogen-bond donors (Lipinski definition) is 0. The number of likely N-dealkylation sites (tertiary alicyclic amines) is 1. The summed E-state index contributed by atoms with van der Waals surface area (Å²) in [6.45, 7) is 6.73. The van der Waals surface area contributed by atoms with Crippen LogP contribution in [0.2, 0.25) is 0 Å². The second-order valence-corrected chi connectivity index (χ2v) is 7.83. The summed E-state index contributed by atoms with van der Waals surface area (Å²) in [5, 5.41) is 3.39. The second kappa shape index (κ2) is 5.35. The fourth-order valence-electron chi connectivity index (χ4n) is 3.50. The predicted molar refractivity (Wildman–Crippen MR) is 76.0 cm³/mol. The summed E-state index contributed by atoms with van der Waals surface area (Å²) in [7, 11) is 0. The maximum Gasteiger partial charge on any atom is 0.471 e. The van der Waals surface area contributed by atoms with Crippen LogP contribution in [0, 0.1) is 11.3 Å². The van der Waals surface area contributed by atoms with Crippen LogP contribution in [0.3, 0.4) is 0 Å². The quantitative estimate of drug-likeness (QED) is 0.821.